The van der Waals surface area contributed by atoms with Crippen molar-refractivity contribution < 1.29 is 22.7 Å². The van der Waals surface area contributed by atoms with Gasteiger partial charge in [0, 0.05) is 14.1 Å². The fourth-order valence-electron chi connectivity index (χ4n) is 2.37. The molecule has 0 radical (unpaired) electrons. The molecule has 1 N–H and O–H groups in total. The minimum absolute atomic E-state index is 0.0547. The molecule has 2 aromatic carbocycles. The Morgan fingerprint density at radius 3 is 2.44 bits per heavy atom. The lowest BCUT2D eigenvalue weighted by Gasteiger charge is -2.15. The molecule has 0 aliphatic carbocycles. The van der Waals surface area contributed by atoms with Gasteiger partial charge in [-0.25, -0.2) is 12.7 Å². The standard InChI is InChI=1S/C19H24N2O5S/c1-13-7-6-8-17(14(13)2)26-12-19(22)20-16-11-15(9-10-18(16)25-5)27(23,24)21(3)4/h6-11H,12H2,1-5H3,(H,20,22). The zero-order chi connectivity index (χ0) is 20.2. The van der Waals surface area contributed by atoms with Crippen molar-refractivity contribution in [1.29, 1.82) is 0 Å². The van der Waals surface area contributed by atoms with Crippen molar-refractivity contribution in [2.45, 2.75) is 18.7 Å². The van der Waals surface area contributed by atoms with Crippen molar-refractivity contribution in [2.24, 2.45) is 0 Å². The zero-order valence-electron chi connectivity index (χ0n) is 16.1. The van der Waals surface area contributed by atoms with E-state index >= 15 is 0 Å². The molecule has 0 saturated carbocycles. The molecule has 0 spiro atoms. The average Bonchev–Trinajstić information content (AvgIpc) is 2.62. The number of anilines is 1. The number of rotatable bonds is 7. The van der Waals surface area contributed by atoms with Crippen molar-refractivity contribution in [3.05, 3.63) is 47.5 Å². The number of hydrogen-bond acceptors (Lipinski definition) is 5. The van der Waals surface area contributed by atoms with Gasteiger partial charge in [0.2, 0.25) is 10.0 Å². The van der Waals surface area contributed by atoms with E-state index in [4.69, 9.17) is 9.47 Å². The van der Waals surface area contributed by atoms with Gasteiger partial charge >= 0.3 is 0 Å². The summed E-state index contributed by atoms with van der Waals surface area (Å²) >= 11 is 0. The van der Waals surface area contributed by atoms with Crippen molar-refractivity contribution in [1.82, 2.24) is 4.31 Å². The second kappa shape index (κ2) is 8.41. The van der Waals surface area contributed by atoms with Crippen LogP contribution in [0.4, 0.5) is 5.69 Å². The minimum Gasteiger partial charge on any atom is -0.495 e. The Morgan fingerprint density at radius 1 is 1.11 bits per heavy atom. The molecule has 1 amide bonds. The first-order valence-corrected chi connectivity index (χ1v) is 9.70. The number of benzene rings is 2. The van der Waals surface area contributed by atoms with Crippen LogP contribution in [0.2, 0.25) is 0 Å². The molecule has 7 nitrogen and oxygen atoms in total. The average molecular weight is 392 g/mol. The SMILES string of the molecule is COc1ccc(S(=O)(=O)N(C)C)cc1NC(=O)COc1cccc(C)c1C. The van der Waals surface area contributed by atoms with Crippen molar-refractivity contribution >= 4 is 21.6 Å². The molecule has 2 aromatic rings. The van der Waals surface area contributed by atoms with Crippen LogP contribution >= 0.6 is 0 Å². The van der Waals surface area contributed by atoms with E-state index in [-0.39, 0.29) is 17.2 Å². The van der Waals surface area contributed by atoms with Gasteiger partial charge in [-0.05, 0) is 49.2 Å². The summed E-state index contributed by atoms with van der Waals surface area (Å²) in [6, 6.07) is 9.90. The first-order valence-electron chi connectivity index (χ1n) is 8.26. The third kappa shape index (κ3) is 4.78. The summed E-state index contributed by atoms with van der Waals surface area (Å²) in [5, 5.41) is 2.65. The maximum absolute atomic E-state index is 12.3. The van der Waals surface area contributed by atoms with Gasteiger partial charge in [0.25, 0.3) is 5.91 Å². The molecular formula is C19H24N2O5S. The van der Waals surface area contributed by atoms with Gasteiger partial charge in [0.1, 0.15) is 11.5 Å². The molecule has 8 heteroatoms. The molecule has 0 unspecified atom stereocenters. The summed E-state index contributed by atoms with van der Waals surface area (Å²) in [4.78, 5) is 12.3. The number of carbonyl (C=O) groups is 1. The Morgan fingerprint density at radius 2 is 1.81 bits per heavy atom. The molecule has 0 saturated heterocycles. The minimum atomic E-state index is -3.63. The molecule has 2 rings (SSSR count). The molecule has 146 valence electrons. The van der Waals surface area contributed by atoms with Crippen LogP contribution in [0.15, 0.2) is 41.3 Å². The lowest BCUT2D eigenvalue weighted by atomic mass is 10.1. The highest BCUT2D eigenvalue weighted by molar-refractivity contribution is 7.89. The number of sulfonamides is 1. The van der Waals surface area contributed by atoms with Gasteiger partial charge in [0.15, 0.2) is 6.61 Å². The van der Waals surface area contributed by atoms with Crippen LogP contribution in [-0.2, 0) is 14.8 Å². The van der Waals surface area contributed by atoms with Gasteiger partial charge in [0.05, 0.1) is 17.7 Å². The number of methoxy groups -OCH3 is 1. The monoisotopic (exact) mass is 392 g/mol. The summed E-state index contributed by atoms with van der Waals surface area (Å²) in [7, 11) is 0.692. The van der Waals surface area contributed by atoms with Crippen LogP contribution in [0, 0.1) is 13.8 Å². The Kier molecular flexibility index (Phi) is 6.45. The van der Waals surface area contributed by atoms with Gasteiger partial charge in [-0.2, -0.15) is 0 Å². The molecule has 0 aromatic heterocycles. The number of ether oxygens (including phenoxy) is 2. The number of nitrogens with one attached hydrogen (secondary N) is 1. The normalized spacial score (nSPS) is 11.3. The predicted molar refractivity (Wildman–Crippen MR) is 104 cm³/mol. The van der Waals surface area contributed by atoms with Crippen molar-refractivity contribution in [2.75, 3.05) is 33.1 Å². The lowest BCUT2D eigenvalue weighted by Crippen LogP contribution is -2.23. The quantitative estimate of drug-likeness (QED) is 0.783. The van der Waals surface area contributed by atoms with E-state index in [1.807, 2.05) is 26.0 Å². The van der Waals surface area contributed by atoms with Gasteiger partial charge in [-0.15, -0.1) is 0 Å². The number of hydrogen-bond donors (Lipinski definition) is 1. The third-order valence-corrected chi connectivity index (χ3v) is 5.95. The Bertz CT molecular complexity index is 939. The summed E-state index contributed by atoms with van der Waals surface area (Å²) in [5.74, 6) is 0.558. The highest BCUT2D eigenvalue weighted by Gasteiger charge is 2.20. The van der Waals surface area contributed by atoms with Crippen LogP contribution in [-0.4, -0.2) is 46.4 Å². The van der Waals surface area contributed by atoms with Crippen LogP contribution in [0.3, 0.4) is 0 Å². The number of carbonyl (C=O) groups excluding carboxylic acids is 1. The lowest BCUT2D eigenvalue weighted by molar-refractivity contribution is -0.118. The third-order valence-electron chi connectivity index (χ3n) is 4.14. The first-order chi connectivity index (χ1) is 12.7. The van der Waals surface area contributed by atoms with Gasteiger partial charge < -0.3 is 14.8 Å². The molecule has 0 bridgehead atoms. The van der Waals surface area contributed by atoms with Crippen LogP contribution in [0.25, 0.3) is 0 Å². The van der Waals surface area contributed by atoms with E-state index in [2.05, 4.69) is 5.32 Å². The predicted octanol–water partition coefficient (Wildman–Crippen LogP) is 2.58. The molecule has 0 atom stereocenters. The van der Waals surface area contributed by atoms with Crippen LogP contribution in [0.1, 0.15) is 11.1 Å². The van der Waals surface area contributed by atoms with Gasteiger partial charge in [-0.1, -0.05) is 12.1 Å². The molecule has 0 aliphatic rings. The van der Waals surface area contributed by atoms with Crippen LogP contribution in [0.5, 0.6) is 11.5 Å². The Hall–Kier alpha value is -2.58. The highest BCUT2D eigenvalue weighted by Crippen LogP contribution is 2.28. The van der Waals surface area contributed by atoms with Crippen molar-refractivity contribution in [3.63, 3.8) is 0 Å². The van der Waals surface area contributed by atoms with E-state index in [1.165, 1.54) is 39.4 Å². The van der Waals surface area contributed by atoms with Gasteiger partial charge in [-0.3, -0.25) is 4.79 Å². The number of amides is 1. The molecule has 0 fully saturated rings. The maximum Gasteiger partial charge on any atom is 0.262 e. The first kappa shape index (κ1) is 20.7. The fraction of sp³-hybridized carbons (Fsp3) is 0.316. The summed E-state index contributed by atoms with van der Waals surface area (Å²) in [6.45, 7) is 3.67. The summed E-state index contributed by atoms with van der Waals surface area (Å²) in [5.41, 5.74) is 2.29. The Balaban J connectivity index is 2.18. The molecule has 0 heterocycles. The van der Waals surface area contributed by atoms with E-state index < -0.39 is 15.9 Å². The number of nitrogens with zero attached hydrogens (tertiary/aromatic N) is 1. The van der Waals surface area contributed by atoms with E-state index in [0.717, 1.165) is 15.4 Å². The van der Waals surface area contributed by atoms with E-state index in [9.17, 15) is 13.2 Å². The summed E-state index contributed by atoms with van der Waals surface area (Å²) in [6.07, 6.45) is 0. The largest absolute Gasteiger partial charge is 0.495 e. The summed E-state index contributed by atoms with van der Waals surface area (Å²) < 4.78 is 36.5. The Labute approximate surface area is 160 Å². The highest BCUT2D eigenvalue weighted by atomic mass is 32.2. The van der Waals surface area contributed by atoms with Crippen molar-refractivity contribution in [3.8, 4) is 11.5 Å². The maximum atomic E-state index is 12.3. The second-order valence-corrected chi connectivity index (χ2v) is 8.34. The van der Waals surface area contributed by atoms with E-state index in [1.54, 1.807) is 6.07 Å². The second-order valence-electron chi connectivity index (χ2n) is 6.18. The van der Waals surface area contributed by atoms with Crippen LogP contribution < -0.4 is 14.8 Å². The van der Waals surface area contributed by atoms with E-state index in [0.29, 0.717) is 11.5 Å². The molecule has 0 aliphatic heterocycles. The smallest absolute Gasteiger partial charge is 0.262 e. The fourth-order valence-corrected chi connectivity index (χ4v) is 3.29. The molecular weight excluding hydrogens is 368 g/mol. The molecule has 27 heavy (non-hydrogen) atoms. The number of aryl methyl sites for hydroxylation is 1. The zero-order valence-corrected chi connectivity index (χ0v) is 16.9. The topological polar surface area (TPSA) is 84.9 Å².